The van der Waals surface area contributed by atoms with Crippen molar-refractivity contribution in [2.45, 2.75) is 25.7 Å². The van der Waals surface area contributed by atoms with E-state index in [1.165, 1.54) is 0 Å². The summed E-state index contributed by atoms with van der Waals surface area (Å²) < 4.78 is 31.4. The molecule has 0 bridgehead atoms. The number of carbonyl (C=O) groups excluding carboxylic acids is 1. The summed E-state index contributed by atoms with van der Waals surface area (Å²) in [7, 11) is -3.68. The minimum atomic E-state index is -3.68. The zero-order chi connectivity index (χ0) is 14.6. The van der Waals surface area contributed by atoms with E-state index in [4.69, 9.17) is 10.5 Å². The van der Waals surface area contributed by atoms with E-state index in [-0.39, 0.29) is 30.3 Å². The van der Waals surface area contributed by atoms with Crippen LogP contribution in [0.5, 0.6) is 0 Å². The van der Waals surface area contributed by atoms with E-state index in [1.807, 2.05) is 0 Å². The molecule has 7 nitrogen and oxygen atoms in total. The van der Waals surface area contributed by atoms with E-state index < -0.39 is 16.0 Å². The highest BCUT2D eigenvalue weighted by Crippen LogP contribution is 2.23. The van der Waals surface area contributed by atoms with Crippen molar-refractivity contribution < 1.29 is 17.9 Å². The van der Waals surface area contributed by atoms with Gasteiger partial charge in [-0.1, -0.05) is 0 Å². The Morgan fingerprint density at radius 3 is 2.58 bits per heavy atom. The van der Waals surface area contributed by atoms with Gasteiger partial charge in [0.15, 0.2) is 0 Å². The third-order valence-electron chi connectivity index (χ3n) is 2.55. The van der Waals surface area contributed by atoms with Gasteiger partial charge in [-0.2, -0.15) is 0 Å². The summed E-state index contributed by atoms with van der Waals surface area (Å²) in [5.74, 6) is -0.566. The highest BCUT2D eigenvalue weighted by Gasteiger charge is 2.26. The second kappa shape index (κ2) is 6.18. The van der Waals surface area contributed by atoms with Crippen LogP contribution in [-0.2, 0) is 14.8 Å². The van der Waals surface area contributed by atoms with Crippen LogP contribution < -0.4 is 10.5 Å². The van der Waals surface area contributed by atoms with Gasteiger partial charge < -0.3 is 15.5 Å². The van der Waals surface area contributed by atoms with Gasteiger partial charge in [0.1, 0.15) is 10.6 Å². The van der Waals surface area contributed by atoms with Gasteiger partial charge in [0, 0.05) is 24.3 Å². The van der Waals surface area contributed by atoms with E-state index >= 15 is 0 Å². The number of ether oxygens (including phenoxy) is 1. The molecule has 0 aliphatic rings. The number of aromatic amines is 1. The number of aromatic nitrogens is 1. The van der Waals surface area contributed by atoms with Crippen LogP contribution in [-0.4, -0.2) is 39.1 Å². The van der Waals surface area contributed by atoms with E-state index in [0.29, 0.717) is 11.3 Å². The van der Waals surface area contributed by atoms with Crippen molar-refractivity contribution in [1.82, 2.24) is 9.71 Å². The van der Waals surface area contributed by atoms with Crippen LogP contribution in [0.1, 0.15) is 28.7 Å². The Bertz CT molecular complexity index is 563. The monoisotopic (exact) mass is 289 g/mol. The maximum Gasteiger partial charge on any atom is 0.355 e. The molecular formula is C11H19N3O4S. The van der Waals surface area contributed by atoms with Gasteiger partial charge >= 0.3 is 5.97 Å². The first-order chi connectivity index (χ1) is 8.85. The Balaban J connectivity index is 3.20. The maximum atomic E-state index is 12.1. The summed E-state index contributed by atoms with van der Waals surface area (Å²) in [6.45, 7) is 5.40. The van der Waals surface area contributed by atoms with Crippen molar-refractivity contribution >= 4 is 16.0 Å². The topological polar surface area (TPSA) is 114 Å². The fourth-order valence-corrected chi connectivity index (χ4v) is 3.30. The Hall–Kier alpha value is -1.38. The summed E-state index contributed by atoms with van der Waals surface area (Å²) >= 11 is 0. The summed E-state index contributed by atoms with van der Waals surface area (Å²) in [6, 6.07) is 0. The molecule has 0 atom stereocenters. The van der Waals surface area contributed by atoms with Gasteiger partial charge in [-0.05, 0) is 20.8 Å². The smallest absolute Gasteiger partial charge is 0.355 e. The number of esters is 1. The van der Waals surface area contributed by atoms with Gasteiger partial charge in [-0.3, -0.25) is 0 Å². The molecule has 0 radical (unpaired) electrons. The number of hydrogen-bond acceptors (Lipinski definition) is 5. The van der Waals surface area contributed by atoms with E-state index in [1.54, 1.807) is 20.8 Å². The summed E-state index contributed by atoms with van der Waals surface area (Å²) in [5, 5.41) is 0. The molecular weight excluding hydrogens is 270 g/mol. The minimum absolute atomic E-state index is 0.0732. The number of nitrogens with two attached hydrogens (primary N) is 1. The molecule has 0 unspecified atom stereocenters. The molecule has 4 N–H and O–H groups in total. The summed E-state index contributed by atoms with van der Waals surface area (Å²) in [4.78, 5) is 14.5. The lowest BCUT2D eigenvalue weighted by molar-refractivity contribution is 0.0519. The third kappa shape index (κ3) is 3.34. The molecule has 0 aliphatic heterocycles. The molecule has 0 aromatic carbocycles. The molecule has 0 fully saturated rings. The Morgan fingerprint density at radius 2 is 2.05 bits per heavy atom. The normalized spacial score (nSPS) is 11.6. The van der Waals surface area contributed by atoms with Crippen LogP contribution in [0.3, 0.4) is 0 Å². The van der Waals surface area contributed by atoms with Crippen molar-refractivity contribution in [1.29, 1.82) is 0 Å². The number of rotatable bonds is 6. The average molecular weight is 289 g/mol. The molecule has 0 aliphatic carbocycles. The molecule has 0 saturated heterocycles. The number of aryl methyl sites for hydroxylation is 1. The van der Waals surface area contributed by atoms with Crippen molar-refractivity contribution in [3.8, 4) is 0 Å². The molecule has 1 rings (SSSR count). The first kappa shape index (κ1) is 15.7. The second-order valence-corrected chi connectivity index (χ2v) is 5.69. The van der Waals surface area contributed by atoms with Gasteiger partial charge in [0.2, 0.25) is 10.0 Å². The Morgan fingerprint density at radius 1 is 1.42 bits per heavy atom. The Labute approximate surface area is 112 Å². The molecule has 0 saturated carbocycles. The molecule has 1 heterocycles. The summed E-state index contributed by atoms with van der Waals surface area (Å²) in [6.07, 6.45) is 0. The molecule has 108 valence electrons. The lowest BCUT2D eigenvalue weighted by Gasteiger charge is -2.06. The standard InChI is InChI=1S/C11H19N3O4S/c1-4-18-11(15)9-7(2)10(8(3)14-9)19(16,17)13-6-5-12/h13-14H,4-6,12H2,1-3H3. The molecule has 1 aromatic heterocycles. The number of hydrogen-bond donors (Lipinski definition) is 3. The molecule has 1 aromatic rings. The first-order valence-electron chi connectivity index (χ1n) is 5.91. The lowest BCUT2D eigenvalue weighted by Crippen LogP contribution is -2.29. The summed E-state index contributed by atoms with van der Waals surface area (Å²) in [5.41, 5.74) is 6.17. The average Bonchev–Trinajstić information content (AvgIpc) is 2.63. The van der Waals surface area contributed by atoms with Gasteiger partial charge in [-0.15, -0.1) is 0 Å². The minimum Gasteiger partial charge on any atom is -0.461 e. The largest absolute Gasteiger partial charge is 0.461 e. The van der Waals surface area contributed by atoms with E-state index in [9.17, 15) is 13.2 Å². The fourth-order valence-electron chi connectivity index (χ4n) is 1.81. The maximum absolute atomic E-state index is 12.1. The molecule has 0 amide bonds. The van der Waals surface area contributed by atoms with Crippen molar-refractivity contribution in [2.24, 2.45) is 5.73 Å². The number of H-pyrrole nitrogens is 1. The van der Waals surface area contributed by atoms with Crippen molar-refractivity contribution in [3.63, 3.8) is 0 Å². The lowest BCUT2D eigenvalue weighted by atomic mass is 10.2. The van der Waals surface area contributed by atoms with Crippen LogP contribution in [0.25, 0.3) is 0 Å². The van der Waals surface area contributed by atoms with E-state index in [2.05, 4.69) is 9.71 Å². The quantitative estimate of drug-likeness (QED) is 0.640. The Kier molecular flexibility index (Phi) is 5.10. The van der Waals surface area contributed by atoms with Crippen LogP contribution in [0.4, 0.5) is 0 Å². The zero-order valence-corrected chi connectivity index (χ0v) is 12.1. The molecule has 19 heavy (non-hydrogen) atoms. The van der Waals surface area contributed by atoms with Crippen LogP contribution >= 0.6 is 0 Å². The predicted molar refractivity (Wildman–Crippen MR) is 70.5 cm³/mol. The van der Waals surface area contributed by atoms with Crippen LogP contribution in [0.2, 0.25) is 0 Å². The molecule has 8 heteroatoms. The van der Waals surface area contributed by atoms with Gasteiger partial charge in [-0.25, -0.2) is 17.9 Å². The predicted octanol–water partition coefficient (Wildman–Crippen LogP) is 0.0452. The second-order valence-electron chi connectivity index (χ2n) is 3.99. The van der Waals surface area contributed by atoms with Crippen molar-refractivity contribution in [2.75, 3.05) is 19.7 Å². The van der Waals surface area contributed by atoms with Gasteiger partial charge in [0.05, 0.1) is 6.61 Å². The zero-order valence-electron chi connectivity index (χ0n) is 11.2. The van der Waals surface area contributed by atoms with Crippen LogP contribution in [0, 0.1) is 13.8 Å². The number of carbonyl (C=O) groups is 1. The van der Waals surface area contributed by atoms with Crippen LogP contribution in [0.15, 0.2) is 4.90 Å². The fraction of sp³-hybridized carbons (Fsp3) is 0.545. The molecule has 0 spiro atoms. The highest BCUT2D eigenvalue weighted by atomic mass is 32.2. The number of sulfonamides is 1. The third-order valence-corrected chi connectivity index (χ3v) is 4.29. The van der Waals surface area contributed by atoms with E-state index in [0.717, 1.165) is 0 Å². The highest BCUT2D eigenvalue weighted by molar-refractivity contribution is 7.89. The number of nitrogens with one attached hydrogen (secondary N) is 2. The van der Waals surface area contributed by atoms with Crippen molar-refractivity contribution in [3.05, 3.63) is 17.0 Å². The van der Waals surface area contributed by atoms with Gasteiger partial charge in [0.25, 0.3) is 0 Å². The SMILES string of the molecule is CCOC(=O)c1[nH]c(C)c(S(=O)(=O)NCCN)c1C. The first-order valence-corrected chi connectivity index (χ1v) is 7.39.